The molecule has 0 radical (unpaired) electrons. The van der Waals surface area contributed by atoms with Crippen molar-refractivity contribution in [3.05, 3.63) is 21.0 Å². The van der Waals surface area contributed by atoms with E-state index in [0.717, 1.165) is 4.57 Å². The summed E-state index contributed by atoms with van der Waals surface area (Å²) >= 11 is 0. The lowest BCUT2D eigenvalue weighted by atomic mass is 10.1. The fourth-order valence-electron chi connectivity index (χ4n) is 1.21. The Hall–Kier alpha value is -1.30. The van der Waals surface area contributed by atoms with Crippen LogP contribution in [-0.2, 0) is 0 Å². The molecule has 6 heteroatoms. The van der Waals surface area contributed by atoms with Crippen LogP contribution in [0.1, 0.15) is 19.9 Å². The standard InChI is InChI=1S/C7H13N3O3/c1-4(2)5(3-11)10-6(12)8-9-7(10)13/h4-5,11H,3H2,1-2H3,(H,8,12)(H,9,13)/t5-/m0/s1. The van der Waals surface area contributed by atoms with E-state index < -0.39 is 17.4 Å². The van der Waals surface area contributed by atoms with Gasteiger partial charge in [0.1, 0.15) is 0 Å². The van der Waals surface area contributed by atoms with Crippen LogP contribution in [0.2, 0.25) is 0 Å². The lowest BCUT2D eigenvalue weighted by Crippen LogP contribution is -2.35. The second-order valence-electron chi connectivity index (χ2n) is 3.22. The van der Waals surface area contributed by atoms with Gasteiger partial charge in [-0.05, 0) is 5.92 Å². The summed E-state index contributed by atoms with van der Waals surface area (Å²) in [5, 5.41) is 13.3. The average Bonchev–Trinajstić information content (AvgIpc) is 2.36. The highest BCUT2D eigenvalue weighted by atomic mass is 16.3. The Labute approximate surface area is 74.2 Å². The summed E-state index contributed by atoms with van der Waals surface area (Å²) in [7, 11) is 0. The maximum Gasteiger partial charge on any atom is 0.344 e. The van der Waals surface area contributed by atoms with Crippen molar-refractivity contribution < 1.29 is 5.11 Å². The highest BCUT2D eigenvalue weighted by Crippen LogP contribution is 2.11. The molecule has 0 bridgehead atoms. The number of rotatable bonds is 3. The second kappa shape index (κ2) is 3.61. The first-order chi connectivity index (χ1) is 6.07. The van der Waals surface area contributed by atoms with E-state index in [2.05, 4.69) is 10.2 Å². The largest absolute Gasteiger partial charge is 0.394 e. The van der Waals surface area contributed by atoms with Crippen molar-refractivity contribution in [1.29, 1.82) is 0 Å². The third-order valence-corrected chi connectivity index (χ3v) is 2.00. The van der Waals surface area contributed by atoms with Crippen molar-refractivity contribution in [1.82, 2.24) is 14.8 Å². The van der Waals surface area contributed by atoms with Crippen LogP contribution < -0.4 is 11.4 Å². The Morgan fingerprint density at radius 3 is 2.08 bits per heavy atom. The summed E-state index contributed by atoms with van der Waals surface area (Å²) in [6.07, 6.45) is 0. The van der Waals surface area contributed by atoms with Crippen molar-refractivity contribution in [2.24, 2.45) is 5.92 Å². The van der Waals surface area contributed by atoms with Gasteiger partial charge in [0.05, 0.1) is 12.6 Å². The van der Waals surface area contributed by atoms with E-state index in [9.17, 15) is 9.59 Å². The van der Waals surface area contributed by atoms with Crippen LogP contribution in [0.5, 0.6) is 0 Å². The van der Waals surface area contributed by atoms with E-state index in [0.29, 0.717) is 0 Å². The maximum absolute atomic E-state index is 11.1. The van der Waals surface area contributed by atoms with Crippen LogP contribution >= 0.6 is 0 Å². The van der Waals surface area contributed by atoms with Crippen LogP contribution in [0.15, 0.2) is 9.59 Å². The van der Waals surface area contributed by atoms with Gasteiger partial charge < -0.3 is 5.11 Å². The normalized spacial score (nSPS) is 13.5. The zero-order valence-electron chi connectivity index (χ0n) is 7.57. The molecule has 1 atom stereocenters. The minimum atomic E-state index is -0.516. The third kappa shape index (κ3) is 1.72. The molecule has 0 aliphatic rings. The van der Waals surface area contributed by atoms with Gasteiger partial charge in [-0.25, -0.2) is 24.4 Å². The number of aromatic amines is 2. The number of hydrogen-bond acceptors (Lipinski definition) is 3. The highest BCUT2D eigenvalue weighted by Gasteiger charge is 2.18. The number of hydrogen-bond donors (Lipinski definition) is 3. The van der Waals surface area contributed by atoms with E-state index in [1.807, 2.05) is 13.8 Å². The van der Waals surface area contributed by atoms with Crippen LogP contribution in [0.3, 0.4) is 0 Å². The Morgan fingerprint density at radius 1 is 1.31 bits per heavy atom. The van der Waals surface area contributed by atoms with Crippen molar-refractivity contribution in [2.45, 2.75) is 19.9 Å². The molecule has 0 unspecified atom stereocenters. The Balaban J connectivity index is 3.19. The fraction of sp³-hybridized carbons (Fsp3) is 0.714. The molecular formula is C7H13N3O3. The molecule has 1 aromatic rings. The van der Waals surface area contributed by atoms with Gasteiger partial charge >= 0.3 is 11.4 Å². The molecule has 1 rings (SSSR count). The third-order valence-electron chi connectivity index (χ3n) is 2.00. The predicted octanol–water partition coefficient (Wildman–Crippen LogP) is -0.946. The van der Waals surface area contributed by atoms with E-state index in [-0.39, 0.29) is 12.5 Å². The molecule has 0 aliphatic heterocycles. The number of aliphatic hydroxyl groups is 1. The first-order valence-electron chi connectivity index (χ1n) is 4.08. The van der Waals surface area contributed by atoms with Crippen molar-refractivity contribution >= 4 is 0 Å². The quantitative estimate of drug-likeness (QED) is 0.570. The van der Waals surface area contributed by atoms with Crippen LogP contribution in [0.25, 0.3) is 0 Å². The van der Waals surface area contributed by atoms with Gasteiger partial charge in [0.25, 0.3) is 0 Å². The molecule has 0 amide bonds. The minimum absolute atomic E-state index is 0.0274. The summed E-state index contributed by atoms with van der Waals surface area (Å²) < 4.78 is 0.991. The molecule has 1 heterocycles. The molecule has 0 saturated heterocycles. The smallest absolute Gasteiger partial charge is 0.344 e. The van der Waals surface area contributed by atoms with Gasteiger partial charge in [0, 0.05) is 0 Å². The molecular weight excluding hydrogens is 174 g/mol. The SMILES string of the molecule is CC(C)[C@H](CO)n1c(=O)[nH][nH]c1=O. The number of nitrogens with zero attached hydrogens (tertiary/aromatic N) is 1. The lowest BCUT2D eigenvalue weighted by Gasteiger charge is -2.16. The van der Waals surface area contributed by atoms with Gasteiger partial charge in [-0.1, -0.05) is 13.8 Å². The first kappa shape index (κ1) is 9.79. The molecule has 13 heavy (non-hydrogen) atoms. The predicted molar refractivity (Wildman–Crippen MR) is 46.6 cm³/mol. The minimum Gasteiger partial charge on any atom is -0.394 e. The molecule has 0 spiro atoms. The average molecular weight is 187 g/mol. The summed E-state index contributed by atoms with van der Waals surface area (Å²) in [5.74, 6) is 0.0274. The highest BCUT2D eigenvalue weighted by molar-refractivity contribution is 4.76. The molecule has 0 aliphatic carbocycles. The van der Waals surface area contributed by atoms with Gasteiger partial charge in [0.2, 0.25) is 0 Å². The number of aromatic nitrogens is 3. The molecule has 1 aromatic heterocycles. The molecule has 74 valence electrons. The number of aliphatic hydroxyl groups excluding tert-OH is 1. The van der Waals surface area contributed by atoms with Gasteiger partial charge in [-0.2, -0.15) is 0 Å². The monoisotopic (exact) mass is 187 g/mol. The maximum atomic E-state index is 11.1. The molecule has 3 N–H and O–H groups in total. The van der Waals surface area contributed by atoms with E-state index in [4.69, 9.17) is 5.11 Å². The van der Waals surface area contributed by atoms with Crippen LogP contribution in [0.4, 0.5) is 0 Å². The summed E-state index contributed by atoms with van der Waals surface area (Å²) in [4.78, 5) is 22.2. The van der Waals surface area contributed by atoms with Crippen molar-refractivity contribution in [3.63, 3.8) is 0 Å². The number of H-pyrrole nitrogens is 2. The molecule has 0 aromatic carbocycles. The topological polar surface area (TPSA) is 90.9 Å². The molecule has 0 saturated carbocycles. The van der Waals surface area contributed by atoms with E-state index >= 15 is 0 Å². The van der Waals surface area contributed by atoms with Gasteiger partial charge in [0.15, 0.2) is 0 Å². The van der Waals surface area contributed by atoms with Crippen LogP contribution in [-0.4, -0.2) is 26.5 Å². The van der Waals surface area contributed by atoms with E-state index in [1.165, 1.54) is 0 Å². The zero-order valence-corrected chi connectivity index (χ0v) is 7.57. The van der Waals surface area contributed by atoms with Gasteiger partial charge in [-0.15, -0.1) is 0 Å². The summed E-state index contributed by atoms with van der Waals surface area (Å²) in [6.45, 7) is 3.44. The van der Waals surface area contributed by atoms with Crippen molar-refractivity contribution in [2.75, 3.05) is 6.61 Å². The number of nitrogens with one attached hydrogen (secondary N) is 2. The zero-order chi connectivity index (χ0) is 10.0. The lowest BCUT2D eigenvalue weighted by molar-refractivity contribution is 0.187. The Bertz CT molecular complexity index is 345. The van der Waals surface area contributed by atoms with E-state index in [1.54, 1.807) is 0 Å². The van der Waals surface area contributed by atoms with Crippen molar-refractivity contribution in [3.8, 4) is 0 Å². The first-order valence-corrected chi connectivity index (χ1v) is 4.08. The molecule has 0 fully saturated rings. The van der Waals surface area contributed by atoms with Crippen LogP contribution in [0, 0.1) is 5.92 Å². The Kier molecular flexibility index (Phi) is 2.72. The Morgan fingerprint density at radius 2 is 1.77 bits per heavy atom. The van der Waals surface area contributed by atoms with Gasteiger partial charge in [-0.3, -0.25) is 0 Å². The summed E-state index contributed by atoms with van der Waals surface area (Å²) in [6, 6.07) is -0.470. The second-order valence-corrected chi connectivity index (χ2v) is 3.22. The fourth-order valence-corrected chi connectivity index (χ4v) is 1.21. The summed E-state index contributed by atoms with van der Waals surface area (Å²) in [5.41, 5.74) is -1.03. The molecule has 6 nitrogen and oxygen atoms in total.